The van der Waals surface area contributed by atoms with Gasteiger partial charge in [-0.3, -0.25) is 0 Å². The third kappa shape index (κ3) is 3.22. The summed E-state index contributed by atoms with van der Waals surface area (Å²) >= 11 is 0. The minimum atomic E-state index is 0.469. The van der Waals surface area contributed by atoms with Crippen LogP contribution in [0.15, 0.2) is 79.1 Å². The zero-order chi connectivity index (χ0) is 17.8. The maximum Gasteiger partial charge on any atom is 0.162 e. The maximum absolute atomic E-state index is 6.03. The van der Waals surface area contributed by atoms with E-state index in [1.165, 1.54) is 0 Å². The summed E-state index contributed by atoms with van der Waals surface area (Å²) in [6, 6.07) is 24.0. The molecular weight excluding hydrogens is 324 g/mol. The minimum absolute atomic E-state index is 0.469. The zero-order valence-electron chi connectivity index (χ0n) is 14.4. The van der Waals surface area contributed by atoms with Crippen LogP contribution in [0, 0.1) is 0 Å². The van der Waals surface area contributed by atoms with Crippen molar-refractivity contribution in [1.82, 2.24) is 9.97 Å². The molecule has 0 aliphatic carbocycles. The van der Waals surface area contributed by atoms with Crippen LogP contribution in [0.5, 0.6) is 11.5 Å². The molecule has 0 radical (unpaired) electrons. The van der Waals surface area contributed by atoms with Crippen LogP contribution in [0.1, 0.15) is 5.56 Å². The van der Waals surface area contributed by atoms with E-state index in [0.717, 1.165) is 27.7 Å². The highest BCUT2D eigenvalue weighted by molar-refractivity contribution is 5.94. The van der Waals surface area contributed by atoms with E-state index in [0.29, 0.717) is 18.1 Å². The molecule has 4 nitrogen and oxygen atoms in total. The van der Waals surface area contributed by atoms with E-state index in [2.05, 4.69) is 9.97 Å². The Morgan fingerprint density at radius 3 is 2.27 bits per heavy atom. The second-order valence-corrected chi connectivity index (χ2v) is 5.88. The highest BCUT2D eigenvalue weighted by atomic mass is 16.5. The topological polar surface area (TPSA) is 44.2 Å². The molecule has 128 valence electrons. The molecule has 1 heterocycles. The number of hydrogen-bond acceptors (Lipinski definition) is 4. The first kappa shape index (κ1) is 16.1. The van der Waals surface area contributed by atoms with Crippen molar-refractivity contribution in [3.05, 3.63) is 84.7 Å². The summed E-state index contributed by atoms with van der Waals surface area (Å²) in [5, 5.41) is 0.933. The molecule has 0 bridgehead atoms. The van der Waals surface area contributed by atoms with Gasteiger partial charge in [0.15, 0.2) is 11.5 Å². The second kappa shape index (κ2) is 7.23. The third-order valence-electron chi connectivity index (χ3n) is 4.21. The summed E-state index contributed by atoms with van der Waals surface area (Å²) < 4.78 is 11.5. The molecule has 4 aromatic rings. The van der Waals surface area contributed by atoms with Crippen molar-refractivity contribution in [1.29, 1.82) is 0 Å². The van der Waals surface area contributed by atoms with E-state index in [1.54, 1.807) is 13.4 Å². The van der Waals surface area contributed by atoms with Gasteiger partial charge in [-0.25, -0.2) is 9.97 Å². The molecule has 1 aromatic heterocycles. The zero-order valence-corrected chi connectivity index (χ0v) is 14.4. The van der Waals surface area contributed by atoms with Gasteiger partial charge in [-0.2, -0.15) is 0 Å². The number of hydrogen-bond donors (Lipinski definition) is 0. The quantitative estimate of drug-likeness (QED) is 0.518. The van der Waals surface area contributed by atoms with E-state index in [9.17, 15) is 0 Å². The largest absolute Gasteiger partial charge is 0.493 e. The fourth-order valence-electron chi connectivity index (χ4n) is 2.90. The Morgan fingerprint density at radius 2 is 1.54 bits per heavy atom. The molecule has 0 unspecified atom stereocenters. The van der Waals surface area contributed by atoms with Gasteiger partial charge < -0.3 is 9.47 Å². The van der Waals surface area contributed by atoms with Crippen LogP contribution in [0.2, 0.25) is 0 Å². The normalized spacial score (nSPS) is 10.7. The summed E-state index contributed by atoms with van der Waals surface area (Å²) in [5.41, 5.74) is 3.84. The van der Waals surface area contributed by atoms with Crippen LogP contribution in [-0.2, 0) is 6.61 Å². The number of benzene rings is 3. The van der Waals surface area contributed by atoms with E-state index in [1.807, 2.05) is 72.8 Å². The van der Waals surface area contributed by atoms with Gasteiger partial charge in [0.2, 0.25) is 0 Å². The molecule has 0 amide bonds. The molecule has 0 atom stereocenters. The van der Waals surface area contributed by atoms with E-state index < -0.39 is 0 Å². The smallest absolute Gasteiger partial charge is 0.162 e. The van der Waals surface area contributed by atoms with Crippen LogP contribution >= 0.6 is 0 Å². The summed E-state index contributed by atoms with van der Waals surface area (Å²) in [6.45, 7) is 0.469. The lowest BCUT2D eigenvalue weighted by Gasteiger charge is -2.13. The standard InChI is InChI=1S/C22H18N2O2/c1-25-20-13-19-18(12-21(20)26-14-16-8-4-2-5-9-16)22(24-15-23-19)17-10-6-3-7-11-17/h2-13,15H,14H2,1H3. The minimum Gasteiger partial charge on any atom is -0.493 e. The first-order chi connectivity index (χ1) is 12.8. The molecule has 0 N–H and O–H groups in total. The van der Waals surface area contributed by atoms with Gasteiger partial charge >= 0.3 is 0 Å². The van der Waals surface area contributed by atoms with Gasteiger partial charge in [0.25, 0.3) is 0 Å². The highest BCUT2D eigenvalue weighted by Gasteiger charge is 2.12. The summed E-state index contributed by atoms with van der Waals surface area (Å²) in [4.78, 5) is 8.87. The summed E-state index contributed by atoms with van der Waals surface area (Å²) in [7, 11) is 1.63. The lowest BCUT2D eigenvalue weighted by Crippen LogP contribution is -1.99. The molecular formula is C22H18N2O2. The van der Waals surface area contributed by atoms with Crippen LogP contribution in [0.25, 0.3) is 22.2 Å². The van der Waals surface area contributed by atoms with E-state index in [-0.39, 0.29) is 0 Å². The number of aromatic nitrogens is 2. The van der Waals surface area contributed by atoms with Crippen LogP contribution in [-0.4, -0.2) is 17.1 Å². The van der Waals surface area contributed by atoms with Crippen LogP contribution in [0.3, 0.4) is 0 Å². The fourth-order valence-corrected chi connectivity index (χ4v) is 2.90. The molecule has 0 saturated heterocycles. The lowest BCUT2D eigenvalue weighted by atomic mass is 10.1. The molecule has 0 spiro atoms. The number of methoxy groups -OCH3 is 1. The number of rotatable bonds is 5. The molecule has 0 aliphatic rings. The molecule has 4 heteroatoms. The van der Waals surface area contributed by atoms with Gasteiger partial charge in [-0.15, -0.1) is 0 Å². The van der Waals surface area contributed by atoms with Crippen molar-refractivity contribution in [2.24, 2.45) is 0 Å². The second-order valence-electron chi connectivity index (χ2n) is 5.88. The van der Waals surface area contributed by atoms with Gasteiger partial charge in [0.05, 0.1) is 18.3 Å². The first-order valence-electron chi connectivity index (χ1n) is 8.40. The average molecular weight is 342 g/mol. The van der Waals surface area contributed by atoms with Crippen molar-refractivity contribution in [3.63, 3.8) is 0 Å². The molecule has 0 saturated carbocycles. The van der Waals surface area contributed by atoms with Crippen molar-refractivity contribution in [2.45, 2.75) is 6.61 Å². The Hall–Kier alpha value is -3.40. The Bertz CT molecular complexity index is 1020. The number of ether oxygens (including phenoxy) is 2. The Morgan fingerprint density at radius 1 is 0.808 bits per heavy atom. The van der Waals surface area contributed by atoms with E-state index in [4.69, 9.17) is 9.47 Å². The van der Waals surface area contributed by atoms with Crippen molar-refractivity contribution in [3.8, 4) is 22.8 Å². The van der Waals surface area contributed by atoms with Gasteiger partial charge in [-0.05, 0) is 11.6 Å². The Balaban J connectivity index is 1.77. The fraction of sp³-hybridized carbons (Fsp3) is 0.0909. The molecule has 3 aromatic carbocycles. The van der Waals surface area contributed by atoms with Gasteiger partial charge in [0, 0.05) is 17.0 Å². The summed E-state index contributed by atoms with van der Waals surface area (Å²) in [5.74, 6) is 1.34. The van der Waals surface area contributed by atoms with Crippen molar-refractivity contribution in [2.75, 3.05) is 7.11 Å². The van der Waals surface area contributed by atoms with Gasteiger partial charge in [0.1, 0.15) is 12.9 Å². The maximum atomic E-state index is 6.03. The average Bonchev–Trinajstić information content (AvgIpc) is 2.72. The lowest BCUT2D eigenvalue weighted by molar-refractivity contribution is 0.285. The monoisotopic (exact) mass is 342 g/mol. The summed E-state index contributed by atoms with van der Waals surface area (Å²) in [6.07, 6.45) is 1.58. The highest BCUT2D eigenvalue weighted by Crippen LogP contribution is 2.35. The first-order valence-corrected chi connectivity index (χ1v) is 8.40. The number of nitrogens with zero attached hydrogens (tertiary/aromatic N) is 2. The SMILES string of the molecule is COc1cc2ncnc(-c3ccccc3)c2cc1OCc1ccccc1. The van der Waals surface area contributed by atoms with E-state index >= 15 is 0 Å². The Kier molecular flexibility index (Phi) is 4.48. The van der Waals surface area contributed by atoms with Crippen molar-refractivity contribution >= 4 is 10.9 Å². The number of fused-ring (bicyclic) bond motifs is 1. The molecule has 0 aliphatic heterocycles. The predicted molar refractivity (Wildman–Crippen MR) is 102 cm³/mol. The van der Waals surface area contributed by atoms with Crippen molar-refractivity contribution < 1.29 is 9.47 Å². The molecule has 4 rings (SSSR count). The van der Waals surface area contributed by atoms with Crippen LogP contribution in [0.4, 0.5) is 0 Å². The van der Waals surface area contributed by atoms with Crippen LogP contribution < -0.4 is 9.47 Å². The molecule has 0 fully saturated rings. The predicted octanol–water partition coefficient (Wildman–Crippen LogP) is 4.88. The Labute approximate surface area is 152 Å². The third-order valence-corrected chi connectivity index (χ3v) is 4.21. The molecule has 26 heavy (non-hydrogen) atoms. The van der Waals surface area contributed by atoms with Gasteiger partial charge in [-0.1, -0.05) is 60.7 Å².